The molecular weight excluding hydrogens is 370 g/mol. The van der Waals surface area contributed by atoms with Crippen LogP contribution in [0.3, 0.4) is 0 Å². The highest BCUT2D eigenvalue weighted by Gasteiger charge is 2.25. The van der Waals surface area contributed by atoms with Gasteiger partial charge in [0, 0.05) is 56.6 Å². The molecule has 29 heavy (non-hydrogen) atoms. The fraction of sp³-hybridized carbons (Fsp3) is 0.476. The summed E-state index contributed by atoms with van der Waals surface area (Å²) in [5.41, 5.74) is 1.60. The molecule has 0 bridgehead atoms. The van der Waals surface area contributed by atoms with Gasteiger partial charge in [-0.15, -0.1) is 0 Å². The number of carbonyl (C=O) groups excluding carboxylic acids is 1. The third-order valence-electron chi connectivity index (χ3n) is 5.33. The van der Waals surface area contributed by atoms with Crippen molar-refractivity contribution in [2.75, 3.05) is 69.4 Å². The van der Waals surface area contributed by atoms with E-state index < -0.39 is 0 Å². The molecule has 0 atom stereocenters. The molecule has 0 spiro atoms. The zero-order chi connectivity index (χ0) is 20.2. The highest BCUT2D eigenvalue weighted by Crippen LogP contribution is 2.21. The van der Waals surface area contributed by atoms with E-state index in [9.17, 15) is 4.79 Å². The molecule has 0 aliphatic carbocycles. The summed E-state index contributed by atoms with van der Waals surface area (Å²) < 4.78 is 10.7. The van der Waals surface area contributed by atoms with Gasteiger partial charge in [-0.1, -0.05) is 6.07 Å². The largest absolute Gasteiger partial charge is 0.497 e. The third kappa shape index (κ3) is 4.42. The van der Waals surface area contributed by atoms with Crippen molar-refractivity contribution in [1.29, 1.82) is 0 Å². The van der Waals surface area contributed by atoms with Crippen LogP contribution < -0.4 is 14.5 Å². The van der Waals surface area contributed by atoms with Gasteiger partial charge in [0.05, 0.1) is 20.3 Å². The van der Waals surface area contributed by atoms with Crippen molar-refractivity contribution in [3.63, 3.8) is 0 Å². The maximum Gasteiger partial charge on any atom is 0.254 e. The Bertz CT molecular complexity index is 861. The second kappa shape index (κ2) is 8.65. The van der Waals surface area contributed by atoms with Crippen LogP contribution in [0.25, 0.3) is 0 Å². The number of aromatic nitrogens is 2. The van der Waals surface area contributed by atoms with Gasteiger partial charge in [0.25, 0.3) is 5.91 Å². The van der Waals surface area contributed by atoms with Crippen LogP contribution in [0.2, 0.25) is 0 Å². The number of carbonyl (C=O) groups is 1. The number of nitrogens with zero attached hydrogens (tertiary/aromatic N) is 5. The van der Waals surface area contributed by atoms with E-state index in [1.165, 1.54) is 0 Å². The van der Waals surface area contributed by atoms with E-state index in [0.29, 0.717) is 37.5 Å². The molecule has 2 fully saturated rings. The first-order valence-corrected chi connectivity index (χ1v) is 10.0. The SMILES string of the molecule is COc1cccc(C(=O)N2CCN(c3nc(C)cc(N4CCOCC4)n3)CC2)c1. The predicted octanol–water partition coefficient (Wildman–Crippen LogP) is 1.59. The van der Waals surface area contributed by atoms with Crippen LogP contribution in [-0.2, 0) is 4.74 Å². The van der Waals surface area contributed by atoms with Gasteiger partial charge in [-0.25, -0.2) is 4.98 Å². The van der Waals surface area contributed by atoms with E-state index in [0.717, 1.165) is 43.8 Å². The van der Waals surface area contributed by atoms with E-state index in [2.05, 4.69) is 14.8 Å². The molecule has 2 aliphatic heterocycles. The fourth-order valence-electron chi connectivity index (χ4n) is 3.68. The van der Waals surface area contributed by atoms with Gasteiger partial charge in [0.2, 0.25) is 5.95 Å². The first kappa shape index (κ1) is 19.4. The number of hydrogen-bond acceptors (Lipinski definition) is 7. The standard InChI is InChI=1S/C21H27N5O3/c1-16-14-19(24-10-12-29-13-11-24)23-21(22-16)26-8-6-25(7-9-26)20(27)17-4-3-5-18(15-17)28-2/h3-5,14-15H,6-13H2,1-2H3. The number of rotatable bonds is 4. The van der Waals surface area contributed by atoms with E-state index in [4.69, 9.17) is 14.5 Å². The number of morpholine rings is 1. The maximum atomic E-state index is 12.8. The highest BCUT2D eigenvalue weighted by atomic mass is 16.5. The van der Waals surface area contributed by atoms with Gasteiger partial charge in [-0.05, 0) is 25.1 Å². The Kier molecular flexibility index (Phi) is 5.80. The monoisotopic (exact) mass is 397 g/mol. The van der Waals surface area contributed by atoms with Crippen molar-refractivity contribution in [3.8, 4) is 5.75 Å². The van der Waals surface area contributed by atoms with E-state index in [-0.39, 0.29) is 5.91 Å². The molecule has 3 heterocycles. The molecule has 2 aromatic rings. The number of ether oxygens (including phenoxy) is 2. The minimum atomic E-state index is 0.0303. The summed E-state index contributed by atoms with van der Waals surface area (Å²) >= 11 is 0. The number of piperazine rings is 1. The van der Waals surface area contributed by atoms with Crippen molar-refractivity contribution < 1.29 is 14.3 Å². The third-order valence-corrected chi connectivity index (χ3v) is 5.33. The molecule has 0 saturated carbocycles. The molecule has 0 N–H and O–H groups in total. The predicted molar refractivity (Wildman–Crippen MR) is 111 cm³/mol. The Labute approximate surface area is 171 Å². The minimum Gasteiger partial charge on any atom is -0.497 e. The Morgan fingerprint density at radius 1 is 1.00 bits per heavy atom. The quantitative estimate of drug-likeness (QED) is 0.776. The lowest BCUT2D eigenvalue weighted by Crippen LogP contribution is -2.49. The molecule has 1 aromatic heterocycles. The van der Waals surface area contributed by atoms with Crippen molar-refractivity contribution in [3.05, 3.63) is 41.6 Å². The van der Waals surface area contributed by atoms with Crippen LogP contribution in [0, 0.1) is 6.92 Å². The molecule has 0 unspecified atom stereocenters. The topological polar surface area (TPSA) is 71.0 Å². The Balaban J connectivity index is 1.42. The summed E-state index contributed by atoms with van der Waals surface area (Å²) in [6.45, 7) is 7.84. The average Bonchev–Trinajstić information content (AvgIpc) is 2.79. The van der Waals surface area contributed by atoms with Gasteiger partial charge in [0.1, 0.15) is 11.6 Å². The molecule has 154 valence electrons. The summed E-state index contributed by atoms with van der Waals surface area (Å²) in [5.74, 6) is 2.41. The van der Waals surface area contributed by atoms with Crippen LogP contribution in [0.1, 0.15) is 16.1 Å². The van der Waals surface area contributed by atoms with Gasteiger partial charge < -0.3 is 24.2 Å². The molecular formula is C21H27N5O3. The van der Waals surface area contributed by atoms with Crippen LogP contribution in [0.5, 0.6) is 5.75 Å². The average molecular weight is 397 g/mol. The molecule has 0 radical (unpaired) electrons. The number of benzene rings is 1. The second-order valence-corrected chi connectivity index (χ2v) is 7.28. The van der Waals surface area contributed by atoms with Crippen LogP contribution in [-0.4, -0.2) is 80.4 Å². The van der Waals surface area contributed by atoms with Crippen LogP contribution in [0.15, 0.2) is 30.3 Å². The van der Waals surface area contributed by atoms with E-state index >= 15 is 0 Å². The van der Waals surface area contributed by atoms with Crippen LogP contribution in [0.4, 0.5) is 11.8 Å². The number of amides is 1. The first-order valence-electron chi connectivity index (χ1n) is 10.0. The highest BCUT2D eigenvalue weighted by molar-refractivity contribution is 5.94. The van der Waals surface area contributed by atoms with Gasteiger partial charge in [-0.3, -0.25) is 4.79 Å². The molecule has 2 saturated heterocycles. The smallest absolute Gasteiger partial charge is 0.254 e. The number of hydrogen-bond donors (Lipinski definition) is 0. The minimum absolute atomic E-state index is 0.0303. The lowest BCUT2D eigenvalue weighted by molar-refractivity contribution is 0.0746. The zero-order valence-electron chi connectivity index (χ0n) is 17.0. The normalized spacial score (nSPS) is 17.4. The van der Waals surface area contributed by atoms with Crippen molar-refractivity contribution in [2.45, 2.75) is 6.92 Å². The summed E-state index contributed by atoms with van der Waals surface area (Å²) in [5, 5.41) is 0. The molecule has 8 nitrogen and oxygen atoms in total. The summed E-state index contributed by atoms with van der Waals surface area (Å²) in [4.78, 5) is 28.5. The van der Waals surface area contributed by atoms with Gasteiger partial charge >= 0.3 is 0 Å². The number of anilines is 2. The van der Waals surface area contributed by atoms with Crippen LogP contribution >= 0.6 is 0 Å². The maximum absolute atomic E-state index is 12.8. The van der Waals surface area contributed by atoms with Crippen molar-refractivity contribution in [2.24, 2.45) is 0 Å². The molecule has 2 aliphatic rings. The molecule has 1 aromatic carbocycles. The van der Waals surface area contributed by atoms with Gasteiger partial charge in [0.15, 0.2) is 0 Å². The Morgan fingerprint density at radius 2 is 1.76 bits per heavy atom. The zero-order valence-corrected chi connectivity index (χ0v) is 17.0. The second-order valence-electron chi connectivity index (χ2n) is 7.28. The lowest BCUT2D eigenvalue weighted by atomic mass is 10.1. The van der Waals surface area contributed by atoms with E-state index in [1.54, 1.807) is 13.2 Å². The molecule has 8 heteroatoms. The molecule has 4 rings (SSSR count). The van der Waals surface area contributed by atoms with Gasteiger partial charge in [-0.2, -0.15) is 4.98 Å². The molecule has 1 amide bonds. The van der Waals surface area contributed by atoms with Crippen molar-refractivity contribution in [1.82, 2.24) is 14.9 Å². The van der Waals surface area contributed by atoms with E-state index in [1.807, 2.05) is 36.1 Å². The fourth-order valence-corrected chi connectivity index (χ4v) is 3.68. The Hall–Kier alpha value is -2.87. The summed E-state index contributed by atoms with van der Waals surface area (Å²) in [6.07, 6.45) is 0. The number of aryl methyl sites for hydroxylation is 1. The van der Waals surface area contributed by atoms with Crippen molar-refractivity contribution >= 4 is 17.7 Å². The summed E-state index contributed by atoms with van der Waals surface area (Å²) in [6, 6.07) is 9.33. The Morgan fingerprint density at radius 3 is 2.48 bits per heavy atom. The number of methoxy groups -OCH3 is 1. The summed E-state index contributed by atoms with van der Waals surface area (Å²) in [7, 11) is 1.61. The lowest BCUT2D eigenvalue weighted by Gasteiger charge is -2.35. The first-order chi connectivity index (χ1) is 14.1.